The van der Waals surface area contributed by atoms with Crippen LogP contribution < -0.4 is 10.6 Å². The van der Waals surface area contributed by atoms with Crippen LogP contribution in [-0.4, -0.2) is 28.0 Å². The number of hydrogen-bond donors (Lipinski definition) is 2. The van der Waals surface area contributed by atoms with Crippen molar-refractivity contribution in [2.45, 2.75) is 26.8 Å². The monoisotopic (exact) mass is 448 g/mol. The third-order valence-corrected chi connectivity index (χ3v) is 5.85. The van der Waals surface area contributed by atoms with Crippen molar-refractivity contribution < 1.29 is 9.53 Å². The number of methoxy groups -OCH3 is 1. The van der Waals surface area contributed by atoms with Crippen molar-refractivity contribution in [1.82, 2.24) is 9.78 Å². The van der Waals surface area contributed by atoms with E-state index in [4.69, 9.17) is 28.6 Å². The number of esters is 1. The van der Waals surface area contributed by atoms with Gasteiger partial charge >= 0.3 is 5.97 Å². The molecule has 3 rings (SSSR count). The normalized spacial score (nSPS) is 10.6. The van der Waals surface area contributed by atoms with Gasteiger partial charge in [-0.1, -0.05) is 30.7 Å². The molecule has 0 spiro atoms. The lowest BCUT2D eigenvalue weighted by atomic mass is 10.1. The molecule has 29 heavy (non-hydrogen) atoms. The molecule has 0 saturated heterocycles. The molecule has 0 amide bonds. The van der Waals surface area contributed by atoms with Gasteiger partial charge in [0.2, 0.25) is 0 Å². The van der Waals surface area contributed by atoms with Crippen LogP contribution in [0.4, 0.5) is 10.7 Å². The molecule has 3 aromatic rings. The van der Waals surface area contributed by atoms with Crippen LogP contribution in [0.5, 0.6) is 0 Å². The molecule has 0 aliphatic heterocycles. The molecule has 9 heteroatoms. The van der Waals surface area contributed by atoms with Crippen LogP contribution in [0.3, 0.4) is 0 Å². The number of benzene rings is 1. The summed E-state index contributed by atoms with van der Waals surface area (Å²) in [6.45, 7) is 4.62. The van der Waals surface area contributed by atoms with E-state index >= 15 is 0 Å². The number of aromatic nitrogens is 2. The molecule has 0 fully saturated rings. The molecule has 0 aliphatic rings. The molecule has 2 heterocycles. The van der Waals surface area contributed by atoms with Crippen molar-refractivity contribution in [3.05, 3.63) is 63.2 Å². The zero-order chi connectivity index (χ0) is 21.0. The molecule has 152 valence electrons. The Balaban J connectivity index is 1.68. The SMILES string of the molecule is CCc1c(C)sc(NC(=S)Nc2cnn(Cc3ccc(Cl)cc3)c2)c1C(=O)OC. The summed E-state index contributed by atoms with van der Waals surface area (Å²) in [7, 11) is 1.38. The van der Waals surface area contributed by atoms with Gasteiger partial charge in [0, 0.05) is 16.1 Å². The van der Waals surface area contributed by atoms with Crippen molar-refractivity contribution in [3.63, 3.8) is 0 Å². The number of nitrogens with one attached hydrogen (secondary N) is 2. The van der Waals surface area contributed by atoms with Crippen LogP contribution >= 0.6 is 35.2 Å². The topological polar surface area (TPSA) is 68.2 Å². The van der Waals surface area contributed by atoms with Gasteiger partial charge in [0.15, 0.2) is 5.11 Å². The highest BCUT2D eigenvalue weighted by molar-refractivity contribution is 7.80. The number of thiophene rings is 1. The smallest absolute Gasteiger partial charge is 0.341 e. The summed E-state index contributed by atoms with van der Waals surface area (Å²) in [6, 6.07) is 7.63. The second-order valence-electron chi connectivity index (χ2n) is 6.32. The molecule has 6 nitrogen and oxygen atoms in total. The van der Waals surface area contributed by atoms with E-state index in [9.17, 15) is 4.79 Å². The molecule has 0 saturated carbocycles. The second kappa shape index (κ2) is 9.39. The Morgan fingerprint density at radius 2 is 2.03 bits per heavy atom. The van der Waals surface area contributed by atoms with Crippen LogP contribution in [0.25, 0.3) is 0 Å². The number of ether oxygens (including phenoxy) is 1. The van der Waals surface area contributed by atoms with Crippen molar-refractivity contribution >= 4 is 56.9 Å². The predicted molar refractivity (Wildman–Crippen MR) is 122 cm³/mol. The number of thiocarbonyl (C=S) groups is 1. The summed E-state index contributed by atoms with van der Waals surface area (Å²) in [5.41, 5.74) is 3.36. The van der Waals surface area contributed by atoms with Gasteiger partial charge in [0.25, 0.3) is 0 Å². The molecule has 0 unspecified atom stereocenters. The summed E-state index contributed by atoms with van der Waals surface area (Å²) in [6.07, 6.45) is 4.30. The average Bonchev–Trinajstić information content (AvgIpc) is 3.25. The van der Waals surface area contributed by atoms with Crippen LogP contribution in [0.1, 0.15) is 33.3 Å². The molecular weight excluding hydrogens is 428 g/mol. The minimum Gasteiger partial charge on any atom is -0.465 e. The van der Waals surface area contributed by atoms with E-state index in [0.29, 0.717) is 27.2 Å². The van der Waals surface area contributed by atoms with Gasteiger partial charge in [0.1, 0.15) is 5.00 Å². The Hall–Kier alpha value is -2.42. The van der Waals surface area contributed by atoms with Gasteiger partial charge in [-0.15, -0.1) is 11.3 Å². The van der Waals surface area contributed by atoms with E-state index in [-0.39, 0.29) is 5.97 Å². The predicted octanol–water partition coefficient (Wildman–Crippen LogP) is 5.11. The van der Waals surface area contributed by atoms with Gasteiger partial charge in [-0.05, 0) is 48.8 Å². The number of hydrogen-bond acceptors (Lipinski definition) is 5. The molecule has 0 aliphatic carbocycles. The summed E-state index contributed by atoms with van der Waals surface area (Å²) >= 11 is 12.8. The standard InChI is InChI=1S/C20H21ClN4O2S2/c1-4-16-12(2)29-18(17(16)19(26)27-3)24-20(28)23-15-9-22-25(11-15)10-13-5-7-14(21)8-6-13/h5-9,11H,4,10H2,1-3H3,(H2,23,24,28). The van der Waals surface area contributed by atoms with E-state index in [1.807, 2.05) is 44.3 Å². The first-order valence-electron chi connectivity index (χ1n) is 8.96. The maximum Gasteiger partial charge on any atom is 0.341 e. The van der Waals surface area contributed by atoms with Gasteiger partial charge in [0.05, 0.1) is 31.1 Å². The number of rotatable bonds is 6. The minimum atomic E-state index is -0.368. The van der Waals surface area contributed by atoms with Crippen molar-refractivity contribution in [2.24, 2.45) is 0 Å². The van der Waals surface area contributed by atoms with E-state index in [1.165, 1.54) is 18.4 Å². The van der Waals surface area contributed by atoms with E-state index in [0.717, 1.165) is 28.1 Å². The largest absolute Gasteiger partial charge is 0.465 e. The lowest BCUT2D eigenvalue weighted by Crippen LogP contribution is -2.20. The molecule has 0 atom stereocenters. The number of carbonyl (C=O) groups excluding carboxylic acids is 1. The molecular formula is C20H21ClN4O2S2. The highest BCUT2D eigenvalue weighted by Gasteiger charge is 2.22. The first-order valence-corrected chi connectivity index (χ1v) is 10.6. The van der Waals surface area contributed by atoms with Crippen molar-refractivity contribution in [1.29, 1.82) is 0 Å². The number of anilines is 2. The van der Waals surface area contributed by atoms with Crippen LogP contribution in [-0.2, 0) is 17.7 Å². The number of carbonyl (C=O) groups is 1. The number of halogens is 1. The first kappa shape index (κ1) is 21.3. The van der Waals surface area contributed by atoms with Crippen molar-refractivity contribution in [3.8, 4) is 0 Å². The highest BCUT2D eigenvalue weighted by atomic mass is 35.5. The Morgan fingerprint density at radius 3 is 2.69 bits per heavy atom. The van der Waals surface area contributed by atoms with Crippen LogP contribution in [0, 0.1) is 6.92 Å². The van der Waals surface area contributed by atoms with E-state index in [2.05, 4.69) is 15.7 Å². The lowest BCUT2D eigenvalue weighted by Gasteiger charge is -2.09. The van der Waals surface area contributed by atoms with Crippen molar-refractivity contribution in [2.75, 3.05) is 17.7 Å². The highest BCUT2D eigenvalue weighted by Crippen LogP contribution is 2.34. The Bertz CT molecular complexity index is 1030. The fourth-order valence-corrected chi connectivity index (χ4v) is 4.52. The van der Waals surface area contributed by atoms with Gasteiger partial charge in [-0.2, -0.15) is 5.10 Å². The molecule has 0 radical (unpaired) electrons. The summed E-state index contributed by atoms with van der Waals surface area (Å²) < 4.78 is 6.75. The van der Waals surface area contributed by atoms with Gasteiger partial charge in [-0.25, -0.2) is 4.79 Å². The van der Waals surface area contributed by atoms with Crippen LogP contribution in [0.15, 0.2) is 36.7 Å². The zero-order valence-electron chi connectivity index (χ0n) is 16.3. The van der Waals surface area contributed by atoms with E-state index in [1.54, 1.807) is 10.9 Å². The third kappa shape index (κ3) is 5.14. The van der Waals surface area contributed by atoms with Gasteiger partial charge < -0.3 is 15.4 Å². The van der Waals surface area contributed by atoms with Crippen LogP contribution in [0.2, 0.25) is 5.02 Å². The fraction of sp³-hybridized carbons (Fsp3) is 0.250. The fourth-order valence-electron chi connectivity index (χ4n) is 2.97. The second-order valence-corrected chi connectivity index (χ2v) is 8.39. The van der Waals surface area contributed by atoms with E-state index < -0.39 is 0 Å². The third-order valence-electron chi connectivity index (χ3n) is 4.33. The number of aryl methyl sites for hydroxylation is 1. The Morgan fingerprint density at radius 1 is 1.31 bits per heavy atom. The maximum absolute atomic E-state index is 12.2. The molecule has 1 aromatic carbocycles. The summed E-state index contributed by atoms with van der Waals surface area (Å²) in [5, 5.41) is 12.3. The maximum atomic E-state index is 12.2. The average molecular weight is 449 g/mol. The summed E-state index contributed by atoms with van der Waals surface area (Å²) in [5.74, 6) is -0.368. The quantitative estimate of drug-likeness (QED) is 0.403. The summed E-state index contributed by atoms with van der Waals surface area (Å²) in [4.78, 5) is 13.3. The molecule has 2 aromatic heterocycles. The Kier molecular flexibility index (Phi) is 6.89. The minimum absolute atomic E-state index is 0.368. The molecule has 0 bridgehead atoms. The Labute approximate surface area is 183 Å². The molecule has 2 N–H and O–H groups in total. The zero-order valence-corrected chi connectivity index (χ0v) is 18.7. The first-order chi connectivity index (χ1) is 13.9. The lowest BCUT2D eigenvalue weighted by molar-refractivity contribution is 0.0601. The number of nitrogens with zero attached hydrogens (tertiary/aromatic N) is 2. The van der Waals surface area contributed by atoms with Gasteiger partial charge in [-0.3, -0.25) is 4.68 Å².